The van der Waals surface area contributed by atoms with E-state index in [4.69, 9.17) is 0 Å². The zero-order valence-corrected chi connectivity index (χ0v) is 17.4. The fraction of sp³-hybridized carbons (Fsp3) is 0.318. The van der Waals surface area contributed by atoms with Crippen LogP contribution in [0.3, 0.4) is 0 Å². The lowest BCUT2D eigenvalue weighted by molar-refractivity contribution is -0.135. The maximum atomic E-state index is 13.3. The van der Waals surface area contributed by atoms with Gasteiger partial charge < -0.3 is 9.88 Å². The fourth-order valence-electron chi connectivity index (χ4n) is 3.86. The van der Waals surface area contributed by atoms with E-state index >= 15 is 0 Å². The molecule has 29 heavy (non-hydrogen) atoms. The number of rotatable bonds is 5. The van der Waals surface area contributed by atoms with Gasteiger partial charge in [0.05, 0.1) is 4.90 Å². The van der Waals surface area contributed by atoms with E-state index in [0.717, 1.165) is 28.6 Å². The lowest BCUT2D eigenvalue weighted by Gasteiger charge is -2.32. The highest BCUT2D eigenvalue weighted by Crippen LogP contribution is 2.28. The van der Waals surface area contributed by atoms with Gasteiger partial charge in [0.1, 0.15) is 6.04 Å². The van der Waals surface area contributed by atoms with E-state index in [0.29, 0.717) is 13.1 Å². The van der Waals surface area contributed by atoms with Gasteiger partial charge in [-0.1, -0.05) is 50.2 Å². The highest BCUT2D eigenvalue weighted by molar-refractivity contribution is 7.89. The number of hydrogen-bond donors (Lipinski definition) is 2. The first-order valence-corrected chi connectivity index (χ1v) is 11.3. The molecule has 0 radical (unpaired) electrons. The van der Waals surface area contributed by atoms with E-state index in [1.165, 1.54) is 12.1 Å². The van der Waals surface area contributed by atoms with Gasteiger partial charge in [-0.15, -0.1) is 0 Å². The van der Waals surface area contributed by atoms with Gasteiger partial charge in [0.2, 0.25) is 15.9 Å². The van der Waals surface area contributed by atoms with Crippen molar-refractivity contribution in [3.8, 4) is 0 Å². The number of H-pyrrole nitrogens is 1. The van der Waals surface area contributed by atoms with E-state index < -0.39 is 16.1 Å². The van der Waals surface area contributed by atoms with E-state index in [9.17, 15) is 13.2 Å². The number of nitrogens with zero attached hydrogens (tertiary/aromatic N) is 1. The predicted octanol–water partition coefficient (Wildman–Crippen LogP) is 3.06. The van der Waals surface area contributed by atoms with Crippen LogP contribution in [0.2, 0.25) is 0 Å². The largest absolute Gasteiger partial charge is 0.358 e. The van der Waals surface area contributed by atoms with E-state index in [-0.39, 0.29) is 16.7 Å². The van der Waals surface area contributed by atoms with Crippen molar-refractivity contribution in [1.29, 1.82) is 0 Å². The Labute approximate surface area is 171 Å². The molecule has 0 fully saturated rings. The van der Waals surface area contributed by atoms with Crippen molar-refractivity contribution in [3.63, 3.8) is 0 Å². The molecule has 1 aliphatic rings. The van der Waals surface area contributed by atoms with E-state index in [1.807, 2.05) is 32.0 Å². The second kappa shape index (κ2) is 7.65. The topological polar surface area (TPSA) is 82.3 Å². The highest BCUT2D eigenvalue weighted by atomic mass is 32.2. The summed E-state index contributed by atoms with van der Waals surface area (Å²) in [5.41, 5.74) is 3.34. The standard InChI is InChI=1S/C22H25N3O3S/c1-15(2)21(24-29(27,28)16-8-4-3-5-9-16)22(26)25-13-12-20-18(14-25)17-10-6-7-11-19(17)23-20/h3-11,15,21,23-24H,12-14H2,1-2H3/t21-/m0/s1. The van der Waals surface area contributed by atoms with Crippen LogP contribution < -0.4 is 4.72 Å². The van der Waals surface area contributed by atoms with Gasteiger partial charge >= 0.3 is 0 Å². The van der Waals surface area contributed by atoms with Crippen LogP contribution in [0.4, 0.5) is 0 Å². The summed E-state index contributed by atoms with van der Waals surface area (Å²) >= 11 is 0. The molecule has 6 nitrogen and oxygen atoms in total. The van der Waals surface area contributed by atoms with Crippen LogP contribution in [0, 0.1) is 5.92 Å². The third-order valence-corrected chi connectivity index (χ3v) is 6.92. The van der Waals surface area contributed by atoms with Crippen LogP contribution in [0.5, 0.6) is 0 Å². The van der Waals surface area contributed by atoms with Crippen LogP contribution >= 0.6 is 0 Å². The smallest absolute Gasteiger partial charge is 0.241 e. The number of amides is 1. The maximum absolute atomic E-state index is 13.3. The minimum Gasteiger partial charge on any atom is -0.358 e. The molecular weight excluding hydrogens is 386 g/mol. The number of aromatic amines is 1. The first kappa shape index (κ1) is 19.7. The average Bonchev–Trinajstić information content (AvgIpc) is 3.10. The Bertz CT molecular complexity index is 1140. The summed E-state index contributed by atoms with van der Waals surface area (Å²) in [7, 11) is -3.78. The maximum Gasteiger partial charge on any atom is 0.241 e. The molecule has 7 heteroatoms. The Balaban J connectivity index is 1.58. The van der Waals surface area contributed by atoms with Crippen LogP contribution in [0.1, 0.15) is 25.1 Å². The summed E-state index contributed by atoms with van der Waals surface area (Å²) in [6.07, 6.45) is 0.728. The van der Waals surface area contributed by atoms with Crippen molar-refractivity contribution < 1.29 is 13.2 Å². The van der Waals surface area contributed by atoms with Crippen LogP contribution in [-0.2, 0) is 27.8 Å². The Morgan fingerprint density at radius 2 is 1.76 bits per heavy atom. The van der Waals surface area contributed by atoms with Gasteiger partial charge in [-0.05, 0) is 24.1 Å². The SMILES string of the molecule is CC(C)[C@H](NS(=O)(=O)c1ccccc1)C(=O)N1CCc2[nH]c3ccccc3c2C1. The van der Waals surface area contributed by atoms with Gasteiger partial charge in [-0.3, -0.25) is 4.79 Å². The van der Waals surface area contributed by atoms with E-state index in [2.05, 4.69) is 15.8 Å². The molecule has 2 N–H and O–H groups in total. The Morgan fingerprint density at radius 1 is 1.07 bits per heavy atom. The molecule has 2 heterocycles. The molecule has 4 rings (SSSR count). The zero-order valence-electron chi connectivity index (χ0n) is 16.6. The first-order valence-electron chi connectivity index (χ1n) is 9.81. The molecule has 0 saturated carbocycles. The number of para-hydroxylation sites is 1. The van der Waals surface area contributed by atoms with Crippen molar-refractivity contribution >= 4 is 26.8 Å². The number of aromatic nitrogens is 1. The van der Waals surface area contributed by atoms with Gasteiger partial charge in [0.15, 0.2) is 0 Å². The lowest BCUT2D eigenvalue weighted by Crippen LogP contribution is -2.52. The van der Waals surface area contributed by atoms with Crippen LogP contribution in [-0.4, -0.2) is 36.8 Å². The molecule has 0 saturated heterocycles. The molecule has 1 amide bonds. The molecule has 2 aromatic carbocycles. The fourth-order valence-corrected chi connectivity index (χ4v) is 5.22. The van der Waals surface area contributed by atoms with Gasteiger partial charge in [-0.2, -0.15) is 4.72 Å². The van der Waals surface area contributed by atoms with Crippen molar-refractivity contribution in [3.05, 3.63) is 65.9 Å². The Kier molecular flexibility index (Phi) is 5.19. The molecule has 0 unspecified atom stereocenters. The molecular formula is C22H25N3O3S. The number of sulfonamides is 1. The number of carbonyl (C=O) groups excluding carboxylic acids is 1. The molecule has 0 spiro atoms. The number of hydrogen-bond acceptors (Lipinski definition) is 3. The molecule has 0 bridgehead atoms. The average molecular weight is 412 g/mol. The minimum atomic E-state index is -3.78. The summed E-state index contributed by atoms with van der Waals surface area (Å²) in [4.78, 5) is 18.7. The first-order chi connectivity index (χ1) is 13.9. The van der Waals surface area contributed by atoms with Gasteiger partial charge in [-0.25, -0.2) is 8.42 Å². The summed E-state index contributed by atoms with van der Waals surface area (Å²) in [5.74, 6) is -0.360. The predicted molar refractivity (Wildman–Crippen MR) is 113 cm³/mol. The summed E-state index contributed by atoms with van der Waals surface area (Å²) in [6.45, 7) is 4.76. The monoisotopic (exact) mass is 411 g/mol. The second-order valence-corrected chi connectivity index (χ2v) is 9.51. The molecule has 1 aromatic heterocycles. The normalized spacial score (nSPS) is 15.5. The molecule has 152 valence electrons. The van der Waals surface area contributed by atoms with Crippen LogP contribution in [0.25, 0.3) is 10.9 Å². The lowest BCUT2D eigenvalue weighted by atomic mass is 10.0. The van der Waals surface area contributed by atoms with Gasteiger partial charge in [0.25, 0.3) is 0 Å². The third kappa shape index (κ3) is 3.80. The minimum absolute atomic E-state index is 0.163. The van der Waals surface area contributed by atoms with Crippen LogP contribution in [0.15, 0.2) is 59.5 Å². The summed E-state index contributed by atoms with van der Waals surface area (Å²) in [5, 5.41) is 1.12. The van der Waals surface area contributed by atoms with E-state index in [1.54, 1.807) is 23.1 Å². The summed E-state index contributed by atoms with van der Waals surface area (Å²) in [6, 6.07) is 15.4. The van der Waals surface area contributed by atoms with Crippen molar-refractivity contribution in [1.82, 2.24) is 14.6 Å². The van der Waals surface area contributed by atoms with Crippen molar-refractivity contribution in [2.45, 2.75) is 37.8 Å². The third-order valence-electron chi connectivity index (χ3n) is 5.46. The molecule has 1 aliphatic heterocycles. The second-order valence-electron chi connectivity index (χ2n) is 7.79. The highest BCUT2D eigenvalue weighted by Gasteiger charge is 2.33. The number of fused-ring (bicyclic) bond motifs is 3. The van der Waals surface area contributed by atoms with Crippen molar-refractivity contribution in [2.75, 3.05) is 6.54 Å². The Morgan fingerprint density at radius 3 is 2.48 bits per heavy atom. The summed E-state index contributed by atoms with van der Waals surface area (Å²) < 4.78 is 28.2. The van der Waals surface area contributed by atoms with Crippen molar-refractivity contribution in [2.24, 2.45) is 5.92 Å². The van der Waals surface area contributed by atoms with Gasteiger partial charge in [0, 0.05) is 41.7 Å². The zero-order chi connectivity index (χ0) is 20.6. The Hall–Kier alpha value is -2.64. The quantitative estimate of drug-likeness (QED) is 0.677. The molecule has 1 atom stereocenters. The molecule has 3 aromatic rings. The number of carbonyl (C=O) groups is 1. The molecule has 0 aliphatic carbocycles. The number of benzene rings is 2. The number of nitrogens with one attached hydrogen (secondary N) is 2.